The van der Waals surface area contributed by atoms with E-state index in [4.69, 9.17) is 9.84 Å². The van der Waals surface area contributed by atoms with Gasteiger partial charge in [-0.15, -0.1) is 0 Å². The number of hydrogen-bond donors (Lipinski definition) is 4. The smallest absolute Gasteiger partial charge is 0.225 e. The van der Waals surface area contributed by atoms with Crippen LogP contribution in [0.1, 0.15) is 26.7 Å². The standard InChI is InChI=1S/C19H28N4O3/c1-18(2,19(25)8-5-11-26-13-19)12-21-17-22-15-7-4-3-6-14(15)16(23-17)20-9-10-24/h3-4,6-7,24-25H,5,8-13H2,1-2H3,(H2,20,21,22,23). The molecule has 0 spiro atoms. The molecule has 2 aromatic rings. The number of aromatic nitrogens is 2. The largest absolute Gasteiger partial charge is 0.395 e. The molecule has 1 saturated heterocycles. The SMILES string of the molecule is CC(C)(CNc1nc(NCCO)c2ccccc2n1)C1(O)CCCOC1. The summed E-state index contributed by atoms with van der Waals surface area (Å²) in [5.41, 5.74) is -0.447. The van der Waals surface area contributed by atoms with Gasteiger partial charge in [-0.1, -0.05) is 26.0 Å². The van der Waals surface area contributed by atoms with Gasteiger partial charge < -0.3 is 25.6 Å². The van der Waals surface area contributed by atoms with Gasteiger partial charge >= 0.3 is 0 Å². The van der Waals surface area contributed by atoms with Crippen molar-refractivity contribution in [3.63, 3.8) is 0 Å². The van der Waals surface area contributed by atoms with Crippen LogP contribution in [0.15, 0.2) is 24.3 Å². The predicted octanol–water partition coefficient (Wildman–Crippen LogP) is 2.01. The third-order valence-corrected chi connectivity index (χ3v) is 5.18. The second kappa shape index (κ2) is 7.73. The Labute approximate surface area is 153 Å². The van der Waals surface area contributed by atoms with Crippen LogP contribution in [0.2, 0.25) is 0 Å². The topological polar surface area (TPSA) is 99.5 Å². The third-order valence-electron chi connectivity index (χ3n) is 5.18. The number of rotatable bonds is 7. The van der Waals surface area contributed by atoms with E-state index in [0.29, 0.717) is 38.1 Å². The summed E-state index contributed by atoms with van der Waals surface area (Å²) in [5.74, 6) is 1.18. The van der Waals surface area contributed by atoms with Crippen LogP contribution in [-0.4, -0.2) is 58.7 Å². The van der Waals surface area contributed by atoms with Crippen LogP contribution in [0.5, 0.6) is 0 Å². The molecule has 0 radical (unpaired) electrons. The van der Waals surface area contributed by atoms with Gasteiger partial charge in [0, 0.05) is 30.5 Å². The number of aliphatic hydroxyl groups excluding tert-OH is 1. The van der Waals surface area contributed by atoms with Crippen molar-refractivity contribution in [2.75, 3.05) is 43.5 Å². The molecule has 0 amide bonds. The molecule has 7 nitrogen and oxygen atoms in total. The Kier molecular flexibility index (Phi) is 5.60. The first-order valence-electron chi connectivity index (χ1n) is 9.11. The van der Waals surface area contributed by atoms with Gasteiger partial charge in [-0.2, -0.15) is 4.98 Å². The van der Waals surface area contributed by atoms with Crippen LogP contribution in [0.25, 0.3) is 10.9 Å². The average molecular weight is 360 g/mol. The lowest BCUT2D eigenvalue weighted by Crippen LogP contribution is -2.53. The van der Waals surface area contributed by atoms with Crippen molar-refractivity contribution in [2.24, 2.45) is 5.41 Å². The number of hydrogen-bond acceptors (Lipinski definition) is 7. The summed E-state index contributed by atoms with van der Waals surface area (Å²) in [7, 11) is 0. The van der Waals surface area contributed by atoms with Crippen LogP contribution in [0, 0.1) is 5.41 Å². The normalized spacial score (nSPS) is 20.9. The van der Waals surface area contributed by atoms with E-state index in [2.05, 4.69) is 20.6 Å². The van der Waals surface area contributed by atoms with E-state index in [9.17, 15) is 5.11 Å². The van der Waals surface area contributed by atoms with E-state index in [-0.39, 0.29) is 6.61 Å². The Morgan fingerprint density at radius 1 is 1.23 bits per heavy atom. The van der Waals surface area contributed by atoms with Gasteiger partial charge in [0.25, 0.3) is 0 Å². The number of benzene rings is 1. The number of ether oxygens (including phenoxy) is 1. The zero-order valence-electron chi connectivity index (χ0n) is 15.5. The lowest BCUT2D eigenvalue weighted by molar-refractivity contribution is -0.146. The second-order valence-corrected chi connectivity index (χ2v) is 7.49. The molecule has 0 aliphatic carbocycles. The first-order valence-corrected chi connectivity index (χ1v) is 9.11. The molecule has 1 atom stereocenters. The third kappa shape index (κ3) is 3.90. The van der Waals surface area contributed by atoms with E-state index in [0.717, 1.165) is 23.7 Å². The zero-order valence-corrected chi connectivity index (χ0v) is 15.5. The first kappa shape index (κ1) is 18.8. The van der Waals surface area contributed by atoms with E-state index >= 15 is 0 Å². The summed E-state index contributed by atoms with van der Waals surface area (Å²) >= 11 is 0. The number of para-hydroxylation sites is 1. The van der Waals surface area contributed by atoms with Crippen molar-refractivity contribution < 1.29 is 14.9 Å². The van der Waals surface area contributed by atoms with E-state index in [1.165, 1.54) is 0 Å². The molecule has 4 N–H and O–H groups in total. The zero-order chi connectivity index (χ0) is 18.6. The average Bonchev–Trinajstić information content (AvgIpc) is 2.65. The lowest BCUT2D eigenvalue weighted by Gasteiger charge is -2.44. The Morgan fingerprint density at radius 2 is 2.04 bits per heavy atom. The molecular weight excluding hydrogens is 332 g/mol. The van der Waals surface area contributed by atoms with E-state index < -0.39 is 11.0 Å². The van der Waals surface area contributed by atoms with Gasteiger partial charge in [0.05, 0.1) is 24.3 Å². The minimum Gasteiger partial charge on any atom is -0.395 e. The summed E-state index contributed by atoms with van der Waals surface area (Å²) in [4.78, 5) is 9.13. The molecule has 1 aliphatic heterocycles. The molecule has 0 saturated carbocycles. The summed E-state index contributed by atoms with van der Waals surface area (Å²) in [6.45, 7) is 6.08. The molecule has 1 aliphatic rings. The quantitative estimate of drug-likeness (QED) is 0.599. The van der Waals surface area contributed by atoms with E-state index in [1.807, 2.05) is 38.1 Å². The van der Waals surface area contributed by atoms with Crippen LogP contribution in [0.4, 0.5) is 11.8 Å². The van der Waals surface area contributed by atoms with Gasteiger partial charge in [-0.25, -0.2) is 4.98 Å². The van der Waals surface area contributed by atoms with Gasteiger partial charge in [0.2, 0.25) is 5.95 Å². The molecule has 142 valence electrons. The predicted molar refractivity (Wildman–Crippen MR) is 102 cm³/mol. The lowest BCUT2D eigenvalue weighted by atomic mass is 9.72. The molecule has 0 bridgehead atoms. The van der Waals surface area contributed by atoms with Crippen LogP contribution >= 0.6 is 0 Å². The van der Waals surface area contributed by atoms with Gasteiger partial charge in [0.15, 0.2) is 0 Å². The summed E-state index contributed by atoms with van der Waals surface area (Å²) in [6.07, 6.45) is 1.59. The van der Waals surface area contributed by atoms with Crippen molar-refractivity contribution in [2.45, 2.75) is 32.3 Å². The van der Waals surface area contributed by atoms with Crippen molar-refractivity contribution in [1.29, 1.82) is 0 Å². The Bertz CT molecular complexity index is 745. The fraction of sp³-hybridized carbons (Fsp3) is 0.579. The Morgan fingerprint density at radius 3 is 2.77 bits per heavy atom. The maximum absolute atomic E-state index is 11.0. The number of nitrogens with zero attached hydrogens (tertiary/aromatic N) is 2. The van der Waals surface area contributed by atoms with Crippen LogP contribution < -0.4 is 10.6 Å². The summed E-state index contributed by atoms with van der Waals surface area (Å²) < 4.78 is 5.50. The van der Waals surface area contributed by atoms with Gasteiger partial charge in [0.1, 0.15) is 5.82 Å². The minimum atomic E-state index is -0.868. The summed E-state index contributed by atoms with van der Waals surface area (Å²) in [5, 5.41) is 27.4. The minimum absolute atomic E-state index is 0.0289. The van der Waals surface area contributed by atoms with Gasteiger partial charge in [-0.05, 0) is 25.0 Å². The highest BCUT2D eigenvalue weighted by Gasteiger charge is 2.44. The molecule has 7 heteroatoms. The fourth-order valence-corrected chi connectivity index (χ4v) is 3.24. The molecular formula is C19H28N4O3. The monoisotopic (exact) mass is 360 g/mol. The Hall–Kier alpha value is -1.96. The highest BCUT2D eigenvalue weighted by molar-refractivity contribution is 5.90. The molecule has 26 heavy (non-hydrogen) atoms. The number of nitrogens with one attached hydrogen (secondary N) is 2. The second-order valence-electron chi connectivity index (χ2n) is 7.49. The number of anilines is 2. The fourth-order valence-electron chi connectivity index (χ4n) is 3.24. The van der Waals surface area contributed by atoms with Gasteiger partial charge in [-0.3, -0.25) is 0 Å². The first-order chi connectivity index (χ1) is 12.5. The molecule has 1 unspecified atom stereocenters. The molecule has 3 rings (SSSR count). The maximum Gasteiger partial charge on any atom is 0.225 e. The van der Waals surface area contributed by atoms with Crippen molar-refractivity contribution in [3.8, 4) is 0 Å². The Balaban J connectivity index is 1.79. The maximum atomic E-state index is 11.0. The molecule has 2 heterocycles. The van der Waals surface area contributed by atoms with Crippen molar-refractivity contribution in [1.82, 2.24) is 9.97 Å². The molecule has 1 aromatic carbocycles. The number of fused-ring (bicyclic) bond motifs is 1. The molecule has 1 fully saturated rings. The van der Waals surface area contributed by atoms with E-state index in [1.54, 1.807) is 0 Å². The number of aliphatic hydroxyl groups is 2. The van der Waals surface area contributed by atoms with Crippen LogP contribution in [0.3, 0.4) is 0 Å². The highest BCUT2D eigenvalue weighted by atomic mass is 16.5. The summed E-state index contributed by atoms with van der Waals surface area (Å²) in [6, 6.07) is 7.75. The van der Waals surface area contributed by atoms with Crippen molar-refractivity contribution >= 4 is 22.7 Å². The highest BCUT2D eigenvalue weighted by Crippen LogP contribution is 2.37. The molecule has 1 aromatic heterocycles. The van der Waals surface area contributed by atoms with Crippen molar-refractivity contribution in [3.05, 3.63) is 24.3 Å². The van der Waals surface area contributed by atoms with Crippen LogP contribution in [-0.2, 0) is 4.74 Å².